The second kappa shape index (κ2) is 2.72. The van der Waals surface area contributed by atoms with Gasteiger partial charge in [-0.25, -0.2) is 0 Å². The summed E-state index contributed by atoms with van der Waals surface area (Å²) in [5.74, 6) is 6.94. The third-order valence-electron chi connectivity index (χ3n) is 2.31. The van der Waals surface area contributed by atoms with Crippen LogP contribution in [0.5, 0.6) is 0 Å². The predicted molar refractivity (Wildman–Crippen MR) is 43.2 cm³/mol. The highest BCUT2D eigenvalue weighted by atomic mass is 15.2. The van der Waals surface area contributed by atoms with Gasteiger partial charge in [-0.15, -0.1) is 0 Å². The molecule has 0 aromatic carbocycles. The van der Waals surface area contributed by atoms with Gasteiger partial charge >= 0.3 is 0 Å². The van der Waals surface area contributed by atoms with Crippen LogP contribution in [0.15, 0.2) is 12.2 Å². The quantitative estimate of drug-likeness (QED) is 0.349. The molecule has 1 aliphatic rings. The van der Waals surface area contributed by atoms with Gasteiger partial charge in [-0.05, 0) is 25.2 Å². The summed E-state index contributed by atoms with van der Waals surface area (Å²) in [5.41, 5.74) is 3.94. The van der Waals surface area contributed by atoms with Gasteiger partial charge < -0.3 is 0 Å². The molecule has 0 amide bonds. The first-order valence-corrected chi connectivity index (χ1v) is 3.78. The summed E-state index contributed by atoms with van der Waals surface area (Å²) >= 11 is 0. The molecule has 0 aromatic heterocycles. The minimum atomic E-state index is 0.343. The first kappa shape index (κ1) is 7.76. The molecular weight excluding hydrogens is 124 g/mol. The zero-order valence-corrected chi connectivity index (χ0v) is 6.72. The second-order valence-corrected chi connectivity index (χ2v) is 3.37. The average Bonchev–Trinajstić information content (AvgIpc) is 2.48. The van der Waals surface area contributed by atoms with Crippen LogP contribution in [0, 0.1) is 11.8 Å². The fraction of sp³-hybridized carbons (Fsp3) is 0.750. The lowest BCUT2D eigenvalue weighted by Crippen LogP contribution is -2.37. The Hall–Kier alpha value is -0.340. The fourth-order valence-electron chi connectivity index (χ4n) is 1.45. The standard InChI is InChI=1S/C8H16N2/c1-5(2)8(10-9)7-4-6(7)3/h6-8,10H,1,4,9H2,2-3H3. The molecule has 2 nitrogen and oxygen atoms in total. The molecule has 3 N–H and O–H groups in total. The van der Waals surface area contributed by atoms with Crippen molar-refractivity contribution in [3.63, 3.8) is 0 Å². The van der Waals surface area contributed by atoms with Crippen molar-refractivity contribution in [2.75, 3.05) is 0 Å². The third kappa shape index (κ3) is 1.39. The van der Waals surface area contributed by atoms with Crippen LogP contribution in [0.25, 0.3) is 0 Å². The van der Waals surface area contributed by atoms with E-state index in [9.17, 15) is 0 Å². The molecule has 0 heterocycles. The first-order valence-electron chi connectivity index (χ1n) is 3.78. The fourth-order valence-corrected chi connectivity index (χ4v) is 1.45. The smallest absolute Gasteiger partial charge is 0.0445 e. The SMILES string of the molecule is C=C(C)C(NN)C1CC1C. The topological polar surface area (TPSA) is 38.0 Å². The molecule has 2 heteroatoms. The van der Waals surface area contributed by atoms with Gasteiger partial charge in [0.2, 0.25) is 0 Å². The molecule has 0 aromatic rings. The maximum absolute atomic E-state index is 5.37. The van der Waals surface area contributed by atoms with E-state index in [4.69, 9.17) is 5.84 Å². The van der Waals surface area contributed by atoms with Gasteiger partial charge in [-0.2, -0.15) is 0 Å². The van der Waals surface area contributed by atoms with E-state index in [0.29, 0.717) is 6.04 Å². The summed E-state index contributed by atoms with van der Waals surface area (Å²) in [4.78, 5) is 0. The van der Waals surface area contributed by atoms with Crippen molar-refractivity contribution >= 4 is 0 Å². The zero-order chi connectivity index (χ0) is 7.72. The molecule has 0 radical (unpaired) electrons. The number of rotatable bonds is 3. The van der Waals surface area contributed by atoms with Crippen LogP contribution >= 0.6 is 0 Å². The molecule has 0 bridgehead atoms. The molecule has 1 rings (SSSR count). The molecule has 1 fully saturated rings. The number of nitrogens with two attached hydrogens (primary N) is 1. The molecule has 3 unspecified atom stereocenters. The number of hydrogen-bond donors (Lipinski definition) is 2. The van der Waals surface area contributed by atoms with Crippen molar-refractivity contribution in [3.05, 3.63) is 12.2 Å². The van der Waals surface area contributed by atoms with Gasteiger partial charge in [-0.3, -0.25) is 11.3 Å². The van der Waals surface area contributed by atoms with E-state index in [-0.39, 0.29) is 0 Å². The van der Waals surface area contributed by atoms with E-state index in [1.165, 1.54) is 6.42 Å². The van der Waals surface area contributed by atoms with Gasteiger partial charge in [0.05, 0.1) is 0 Å². The van der Waals surface area contributed by atoms with Gasteiger partial charge in [-0.1, -0.05) is 19.1 Å². The largest absolute Gasteiger partial charge is 0.271 e. The van der Waals surface area contributed by atoms with E-state index in [1.54, 1.807) is 0 Å². The Balaban J connectivity index is 2.42. The highest BCUT2D eigenvalue weighted by Gasteiger charge is 2.39. The zero-order valence-electron chi connectivity index (χ0n) is 6.72. The maximum atomic E-state index is 5.37. The lowest BCUT2D eigenvalue weighted by atomic mass is 10.1. The summed E-state index contributed by atoms with van der Waals surface area (Å²) < 4.78 is 0. The van der Waals surface area contributed by atoms with Crippen LogP contribution in [-0.2, 0) is 0 Å². The van der Waals surface area contributed by atoms with E-state index in [1.807, 2.05) is 6.92 Å². The van der Waals surface area contributed by atoms with Crippen molar-refractivity contribution in [2.24, 2.45) is 17.7 Å². The Morgan fingerprint density at radius 3 is 2.40 bits per heavy atom. The molecular formula is C8H16N2. The van der Waals surface area contributed by atoms with E-state index in [0.717, 1.165) is 17.4 Å². The lowest BCUT2D eigenvalue weighted by molar-refractivity contribution is 0.513. The van der Waals surface area contributed by atoms with Crippen molar-refractivity contribution in [2.45, 2.75) is 26.3 Å². The third-order valence-corrected chi connectivity index (χ3v) is 2.31. The number of hydrazine groups is 1. The van der Waals surface area contributed by atoms with Crippen molar-refractivity contribution in [1.82, 2.24) is 5.43 Å². The summed E-state index contributed by atoms with van der Waals surface area (Å²) in [6.45, 7) is 8.15. The van der Waals surface area contributed by atoms with Gasteiger partial charge in [0.1, 0.15) is 0 Å². The van der Waals surface area contributed by atoms with Crippen LogP contribution < -0.4 is 11.3 Å². The summed E-state index contributed by atoms with van der Waals surface area (Å²) in [6, 6.07) is 0.343. The highest BCUT2D eigenvalue weighted by Crippen LogP contribution is 2.41. The summed E-state index contributed by atoms with van der Waals surface area (Å²) in [7, 11) is 0. The molecule has 0 saturated heterocycles. The maximum Gasteiger partial charge on any atom is 0.0445 e. The van der Waals surface area contributed by atoms with Gasteiger partial charge in [0.15, 0.2) is 0 Å². The summed E-state index contributed by atoms with van der Waals surface area (Å²) in [5, 5.41) is 0. The average molecular weight is 140 g/mol. The Morgan fingerprint density at radius 2 is 2.30 bits per heavy atom. The first-order chi connectivity index (χ1) is 4.66. The Kier molecular flexibility index (Phi) is 2.11. The minimum Gasteiger partial charge on any atom is -0.271 e. The van der Waals surface area contributed by atoms with E-state index in [2.05, 4.69) is 18.9 Å². The van der Waals surface area contributed by atoms with Crippen LogP contribution in [0.2, 0.25) is 0 Å². The second-order valence-electron chi connectivity index (χ2n) is 3.37. The monoisotopic (exact) mass is 140 g/mol. The number of nitrogens with one attached hydrogen (secondary N) is 1. The van der Waals surface area contributed by atoms with Crippen molar-refractivity contribution in [3.8, 4) is 0 Å². The molecule has 1 saturated carbocycles. The van der Waals surface area contributed by atoms with Crippen LogP contribution in [0.1, 0.15) is 20.3 Å². The number of hydrogen-bond acceptors (Lipinski definition) is 2. The molecule has 1 aliphatic carbocycles. The normalized spacial score (nSPS) is 33.5. The van der Waals surface area contributed by atoms with Crippen LogP contribution in [0.3, 0.4) is 0 Å². The molecule has 58 valence electrons. The minimum absolute atomic E-state index is 0.343. The Morgan fingerprint density at radius 1 is 1.80 bits per heavy atom. The predicted octanol–water partition coefficient (Wildman–Crippen LogP) is 1.05. The molecule has 10 heavy (non-hydrogen) atoms. The molecule has 0 aliphatic heterocycles. The van der Waals surface area contributed by atoms with E-state index >= 15 is 0 Å². The van der Waals surface area contributed by atoms with E-state index < -0.39 is 0 Å². The lowest BCUT2D eigenvalue weighted by Gasteiger charge is -2.14. The highest BCUT2D eigenvalue weighted by molar-refractivity contribution is 5.09. The summed E-state index contributed by atoms with van der Waals surface area (Å²) in [6.07, 6.45) is 1.29. The van der Waals surface area contributed by atoms with Crippen molar-refractivity contribution in [1.29, 1.82) is 0 Å². The Bertz CT molecular complexity index is 142. The van der Waals surface area contributed by atoms with Crippen molar-refractivity contribution < 1.29 is 0 Å². The molecule has 0 spiro atoms. The van der Waals surface area contributed by atoms with Gasteiger partial charge in [0.25, 0.3) is 0 Å². The Labute approximate surface area is 62.5 Å². The van der Waals surface area contributed by atoms with Crippen LogP contribution in [-0.4, -0.2) is 6.04 Å². The van der Waals surface area contributed by atoms with Gasteiger partial charge in [0, 0.05) is 6.04 Å². The molecule has 3 atom stereocenters. The van der Waals surface area contributed by atoms with Crippen LogP contribution in [0.4, 0.5) is 0 Å².